The lowest BCUT2D eigenvalue weighted by atomic mass is 10.1. The minimum absolute atomic E-state index is 0.307. The average molecular weight is 323 g/mol. The maximum atomic E-state index is 13.5. The first-order valence-electron chi connectivity index (χ1n) is 6.68. The first-order chi connectivity index (χ1) is 10.8. The second-order valence-electron chi connectivity index (χ2n) is 4.92. The molecule has 0 heterocycles. The molecule has 0 spiro atoms. The molecule has 0 aliphatic heterocycles. The second kappa shape index (κ2) is 6.64. The number of nitrogens with one attached hydrogen (secondary N) is 1. The molecule has 0 atom stereocenters. The number of amides is 1. The third-order valence-electron chi connectivity index (χ3n) is 3.06. The molecule has 2 aromatic rings. The van der Waals surface area contributed by atoms with Crippen LogP contribution < -0.4 is 5.32 Å². The summed E-state index contributed by atoms with van der Waals surface area (Å²) in [6.45, 7) is 1.89. The van der Waals surface area contributed by atoms with Crippen molar-refractivity contribution < 1.29 is 22.4 Å². The van der Waals surface area contributed by atoms with Crippen LogP contribution in [-0.4, -0.2) is 5.91 Å². The van der Waals surface area contributed by atoms with Gasteiger partial charge in [0, 0.05) is 17.3 Å². The van der Waals surface area contributed by atoms with Gasteiger partial charge in [-0.15, -0.1) is 0 Å². The van der Waals surface area contributed by atoms with E-state index in [1.165, 1.54) is 0 Å². The highest BCUT2D eigenvalue weighted by Crippen LogP contribution is 2.30. The molecule has 0 aliphatic rings. The molecule has 6 heteroatoms. The van der Waals surface area contributed by atoms with Crippen LogP contribution in [0.2, 0.25) is 0 Å². The zero-order chi connectivity index (χ0) is 17.0. The van der Waals surface area contributed by atoms with Crippen molar-refractivity contribution >= 4 is 17.7 Å². The smallest absolute Gasteiger partial charge is 0.323 e. The van der Waals surface area contributed by atoms with E-state index in [-0.39, 0.29) is 5.56 Å². The van der Waals surface area contributed by atoms with Gasteiger partial charge in [0.15, 0.2) is 0 Å². The van der Waals surface area contributed by atoms with Gasteiger partial charge in [-0.05, 0) is 43.3 Å². The molecule has 120 valence electrons. The van der Waals surface area contributed by atoms with Gasteiger partial charge in [-0.25, -0.2) is 4.39 Å². The van der Waals surface area contributed by atoms with E-state index in [0.717, 1.165) is 23.8 Å². The summed E-state index contributed by atoms with van der Waals surface area (Å²) in [4.78, 5) is 11.7. The molecule has 1 amide bonds. The summed E-state index contributed by atoms with van der Waals surface area (Å²) in [5.74, 6) is -1.40. The van der Waals surface area contributed by atoms with E-state index in [4.69, 9.17) is 0 Å². The number of hydrogen-bond donors (Lipinski definition) is 1. The quantitative estimate of drug-likeness (QED) is 0.638. The predicted octanol–water partition coefficient (Wildman–Crippen LogP) is 4.80. The van der Waals surface area contributed by atoms with Gasteiger partial charge in [0.2, 0.25) is 5.91 Å². The molecule has 23 heavy (non-hydrogen) atoms. The summed E-state index contributed by atoms with van der Waals surface area (Å²) in [6, 6.07) is 9.00. The summed E-state index contributed by atoms with van der Waals surface area (Å²) in [6.07, 6.45) is -2.58. The van der Waals surface area contributed by atoms with E-state index in [9.17, 15) is 22.4 Å². The van der Waals surface area contributed by atoms with Crippen molar-refractivity contribution in [1.29, 1.82) is 0 Å². The summed E-state index contributed by atoms with van der Waals surface area (Å²) < 4.78 is 51.3. The Labute approximate surface area is 130 Å². The molecular formula is C17H13F4NO. The van der Waals surface area contributed by atoms with Crippen molar-refractivity contribution in [3.05, 3.63) is 71.0 Å². The minimum Gasteiger partial charge on any atom is -0.323 e. The van der Waals surface area contributed by atoms with Crippen molar-refractivity contribution in [2.24, 2.45) is 0 Å². The fourth-order valence-electron chi connectivity index (χ4n) is 1.83. The van der Waals surface area contributed by atoms with Gasteiger partial charge in [0.05, 0.1) is 5.56 Å². The molecule has 0 aromatic heterocycles. The molecule has 1 N–H and O–H groups in total. The van der Waals surface area contributed by atoms with Crippen molar-refractivity contribution in [3.8, 4) is 0 Å². The normalized spacial score (nSPS) is 11.7. The maximum Gasteiger partial charge on any atom is 0.416 e. The van der Waals surface area contributed by atoms with Gasteiger partial charge in [0.25, 0.3) is 0 Å². The number of benzene rings is 2. The van der Waals surface area contributed by atoms with E-state index >= 15 is 0 Å². The zero-order valence-corrected chi connectivity index (χ0v) is 12.1. The SMILES string of the molecule is Cc1ccc(NC(=O)/C=C/c2cc(C(F)(F)F)ccc2F)cc1. The lowest BCUT2D eigenvalue weighted by Gasteiger charge is -2.07. The van der Waals surface area contributed by atoms with Crippen LogP contribution in [0.25, 0.3) is 6.08 Å². The summed E-state index contributed by atoms with van der Waals surface area (Å²) in [7, 11) is 0. The molecular weight excluding hydrogens is 310 g/mol. The van der Waals surface area contributed by atoms with Crippen LogP contribution in [0.15, 0.2) is 48.5 Å². The Bertz CT molecular complexity index is 733. The van der Waals surface area contributed by atoms with E-state index in [1.54, 1.807) is 24.3 Å². The number of aryl methyl sites for hydroxylation is 1. The molecule has 0 fully saturated rings. The van der Waals surface area contributed by atoms with Crippen molar-refractivity contribution in [1.82, 2.24) is 0 Å². The molecule has 0 aliphatic carbocycles. The van der Waals surface area contributed by atoms with Crippen LogP contribution in [0.3, 0.4) is 0 Å². The van der Waals surface area contributed by atoms with Crippen LogP contribution in [0.4, 0.5) is 23.2 Å². The van der Waals surface area contributed by atoms with E-state index in [1.807, 2.05) is 6.92 Å². The predicted molar refractivity (Wildman–Crippen MR) is 80.2 cm³/mol. The molecule has 0 radical (unpaired) electrons. The number of rotatable bonds is 3. The van der Waals surface area contributed by atoms with Crippen molar-refractivity contribution in [3.63, 3.8) is 0 Å². The van der Waals surface area contributed by atoms with Crippen LogP contribution in [-0.2, 0) is 11.0 Å². The van der Waals surface area contributed by atoms with Crippen LogP contribution in [0.1, 0.15) is 16.7 Å². The van der Waals surface area contributed by atoms with Crippen LogP contribution in [0, 0.1) is 12.7 Å². The first-order valence-corrected chi connectivity index (χ1v) is 6.68. The maximum absolute atomic E-state index is 13.5. The molecule has 0 saturated heterocycles. The Balaban J connectivity index is 2.13. The Hall–Kier alpha value is -2.63. The Morgan fingerprint density at radius 2 is 1.74 bits per heavy atom. The highest BCUT2D eigenvalue weighted by atomic mass is 19.4. The second-order valence-corrected chi connectivity index (χ2v) is 4.92. The Morgan fingerprint density at radius 1 is 1.09 bits per heavy atom. The van der Waals surface area contributed by atoms with E-state index in [0.29, 0.717) is 17.8 Å². The zero-order valence-electron chi connectivity index (χ0n) is 12.1. The van der Waals surface area contributed by atoms with Gasteiger partial charge in [-0.3, -0.25) is 4.79 Å². The fourth-order valence-corrected chi connectivity index (χ4v) is 1.83. The monoisotopic (exact) mass is 323 g/mol. The minimum atomic E-state index is -4.57. The van der Waals surface area contributed by atoms with E-state index in [2.05, 4.69) is 5.32 Å². The number of anilines is 1. The number of carbonyl (C=O) groups excluding carboxylic acids is 1. The number of carbonyl (C=O) groups is 1. The fraction of sp³-hybridized carbons (Fsp3) is 0.118. The molecule has 2 aromatic carbocycles. The third-order valence-corrected chi connectivity index (χ3v) is 3.06. The molecule has 2 nitrogen and oxygen atoms in total. The highest BCUT2D eigenvalue weighted by molar-refractivity contribution is 6.01. The average Bonchev–Trinajstić information content (AvgIpc) is 2.47. The number of alkyl halides is 3. The van der Waals surface area contributed by atoms with Crippen molar-refractivity contribution in [2.45, 2.75) is 13.1 Å². The van der Waals surface area contributed by atoms with Gasteiger partial charge in [-0.1, -0.05) is 17.7 Å². The van der Waals surface area contributed by atoms with Crippen LogP contribution in [0.5, 0.6) is 0 Å². The summed E-state index contributed by atoms with van der Waals surface area (Å²) in [5, 5.41) is 2.53. The molecule has 0 bridgehead atoms. The first kappa shape index (κ1) is 16.7. The number of halogens is 4. The van der Waals surface area contributed by atoms with Gasteiger partial charge >= 0.3 is 6.18 Å². The Morgan fingerprint density at radius 3 is 2.35 bits per heavy atom. The van der Waals surface area contributed by atoms with Gasteiger partial charge in [0.1, 0.15) is 5.82 Å². The van der Waals surface area contributed by atoms with Gasteiger partial charge in [-0.2, -0.15) is 13.2 Å². The summed E-state index contributed by atoms with van der Waals surface area (Å²) in [5.41, 5.74) is 0.274. The lowest BCUT2D eigenvalue weighted by Crippen LogP contribution is -2.08. The lowest BCUT2D eigenvalue weighted by molar-refractivity contribution is -0.137. The molecule has 0 saturated carbocycles. The third kappa shape index (κ3) is 4.67. The largest absolute Gasteiger partial charge is 0.416 e. The van der Waals surface area contributed by atoms with E-state index < -0.39 is 23.5 Å². The number of hydrogen-bond acceptors (Lipinski definition) is 1. The van der Waals surface area contributed by atoms with Gasteiger partial charge < -0.3 is 5.32 Å². The van der Waals surface area contributed by atoms with Crippen molar-refractivity contribution in [2.75, 3.05) is 5.32 Å². The summed E-state index contributed by atoms with van der Waals surface area (Å²) >= 11 is 0. The van der Waals surface area contributed by atoms with Crippen LogP contribution >= 0.6 is 0 Å². The molecule has 2 rings (SSSR count). The highest BCUT2D eigenvalue weighted by Gasteiger charge is 2.30. The Kier molecular flexibility index (Phi) is 4.83. The standard InChI is InChI=1S/C17H13F4NO/c1-11-2-6-14(7-3-11)22-16(23)9-4-12-10-13(17(19,20)21)5-8-15(12)18/h2-10H,1H3,(H,22,23)/b9-4+. The molecule has 0 unspecified atom stereocenters. The topological polar surface area (TPSA) is 29.1 Å².